The molecule has 3 rings (SSSR count). The quantitative estimate of drug-likeness (QED) is 0.895. The van der Waals surface area contributed by atoms with Crippen LogP contribution in [0.2, 0.25) is 5.02 Å². The molecule has 0 saturated carbocycles. The van der Waals surface area contributed by atoms with Crippen molar-refractivity contribution >= 4 is 22.9 Å². The van der Waals surface area contributed by atoms with Crippen LogP contribution in [0.4, 0.5) is 0 Å². The van der Waals surface area contributed by atoms with Crippen LogP contribution in [-0.4, -0.2) is 4.98 Å². The number of fused-ring (bicyclic) bond motifs is 1. The molecule has 0 amide bonds. The molecule has 1 aliphatic rings. The number of hydrogen-bond donors (Lipinski definition) is 1. The molecule has 0 spiro atoms. The highest BCUT2D eigenvalue weighted by Crippen LogP contribution is 2.42. The standard InChI is InChI=1S/C16H19ClN2S/c1-16(2)8-12(18)15-13(9-16)19-14(20-15)7-10-5-3-4-6-11(10)17/h3-6,12H,7-9,18H2,1-2H3. The van der Waals surface area contributed by atoms with Crippen molar-refractivity contribution in [3.05, 3.63) is 50.4 Å². The second-order valence-electron chi connectivity index (χ2n) is 6.34. The van der Waals surface area contributed by atoms with Gasteiger partial charge in [0.2, 0.25) is 0 Å². The fourth-order valence-corrected chi connectivity index (χ4v) is 4.23. The van der Waals surface area contributed by atoms with Gasteiger partial charge in [0, 0.05) is 22.4 Å². The third-order valence-corrected chi connectivity index (χ3v) is 5.42. The van der Waals surface area contributed by atoms with Crippen molar-refractivity contribution in [1.29, 1.82) is 0 Å². The Balaban J connectivity index is 1.89. The molecule has 4 heteroatoms. The maximum Gasteiger partial charge on any atom is 0.0976 e. The molecule has 1 aromatic carbocycles. The summed E-state index contributed by atoms with van der Waals surface area (Å²) in [7, 11) is 0. The van der Waals surface area contributed by atoms with Crippen LogP contribution < -0.4 is 5.73 Å². The maximum atomic E-state index is 6.30. The summed E-state index contributed by atoms with van der Waals surface area (Å²) < 4.78 is 0. The lowest BCUT2D eigenvalue weighted by atomic mass is 9.77. The minimum atomic E-state index is 0.131. The van der Waals surface area contributed by atoms with Gasteiger partial charge in [-0.25, -0.2) is 4.98 Å². The van der Waals surface area contributed by atoms with Crippen LogP contribution in [0, 0.1) is 5.41 Å². The SMILES string of the molecule is CC1(C)Cc2nc(Cc3ccccc3Cl)sc2C(N)C1. The summed E-state index contributed by atoms with van der Waals surface area (Å²) in [5, 5.41) is 1.93. The molecule has 2 nitrogen and oxygen atoms in total. The highest BCUT2D eigenvalue weighted by Gasteiger charge is 2.33. The Labute approximate surface area is 129 Å². The largest absolute Gasteiger partial charge is 0.323 e. The van der Waals surface area contributed by atoms with Gasteiger partial charge in [0.25, 0.3) is 0 Å². The Hall–Kier alpha value is -0.900. The lowest BCUT2D eigenvalue weighted by molar-refractivity contribution is 0.282. The highest BCUT2D eigenvalue weighted by atomic mass is 35.5. The highest BCUT2D eigenvalue weighted by molar-refractivity contribution is 7.11. The summed E-state index contributed by atoms with van der Waals surface area (Å²) in [6, 6.07) is 8.10. The second-order valence-corrected chi connectivity index (χ2v) is 7.86. The van der Waals surface area contributed by atoms with E-state index in [2.05, 4.69) is 19.9 Å². The van der Waals surface area contributed by atoms with E-state index >= 15 is 0 Å². The third kappa shape index (κ3) is 2.76. The zero-order valence-electron chi connectivity index (χ0n) is 11.8. The van der Waals surface area contributed by atoms with Crippen LogP contribution in [0.25, 0.3) is 0 Å². The fourth-order valence-electron chi connectivity index (χ4n) is 2.92. The molecule has 1 aliphatic carbocycles. The van der Waals surface area contributed by atoms with Gasteiger partial charge in [0.05, 0.1) is 10.7 Å². The number of hydrogen-bond acceptors (Lipinski definition) is 3. The number of halogens is 1. The summed E-state index contributed by atoms with van der Waals surface area (Å²) in [6.45, 7) is 4.53. The molecule has 1 atom stereocenters. The zero-order chi connectivity index (χ0) is 14.3. The van der Waals surface area contributed by atoms with Crippen molar-refractivity contribution in [2.24, 2.45) is 11.1 Å². The van der Waals surface area contributed by atoms with E-state index in [0.717, 1.165) is 34.9 Å². The number of rotatable bonds is 2. The predicted molar refractivity (Wildman–Crippen MR) is 85.4 cm³/mol. The van der Waals surface area contributed by atoms with Crippen LogP contribution in [0.15, 0.2) is 24.3 Å². The van der Waals surface area contributed by atoms with E-state index in [4.69, 9.17) is 22.3 Å². The Kier molecular flexibility index (Phi) is 3.61. The topological polar surface area (TPSA) is 38.9 Å². The van der Waals surface area contributed by atoms with Gasteiger partial charge >= 0.3 is 0 Å². The molecule has 0 saturated heterocycles. The second kappa shape index (κ2) is 5.14. The van der Waals surface area contributed by atoms with E-state index in [0.29, 0.717) is 0 Å². The smallest absolute Gasteiger partial charge is 0.0976 e. The number of nitrogens with two attached hydrogens (primary N) is 1. The minimum Gasteiger partial charge on any atom is -0.323 e. The van der Waals surface area contributed by atoms with Gasteiger partial charge in [-0.15, -0.1) is 11.3 Å². The van der Waals surface area contributed by atoms with E-state index < -0.39 is 0 Å². The molecule has 20 heavy (non-hydrogen) atoms. The Morgan fingerprint density at radius 3 is 2.90 bits per heavy atom. The van der Waals surface area contributed by atoms with Crippen molar-refractivity contribution in [3.63, 3.8) is 0 Å². The first-order valence-corrected chi connectivity index (χ1v) is 8.11. The first-order valence-electron chi connectivity index (χ1n) is 6.92. The van der Waals surface area contributed by atoms with Crippen molar-refractivity contribution in [2.75, 3.05) is 0 Å². The number of nitrogens with zero attached hydrogens (tertiary/aromatic N) is 1. The maximum absolute atomic E-state index is 6.30. The molecule has 0 aliphatic heterocycles. The van der Waals surface area contributed by atoms with Crippen molar-refractivity contribution in [3.8, 4) is 0 Å². The first kappa shape index (κ1) is 14.1. The van der Waals surface area contributed by atoms with Crippen LogP contribution in [-0.2, 0) is 12.8 Å². The summed E-state index contributed by atoms with van der Waals surface area (Å²) in [5.41, 5.74) is 8.88. The third-order valence-electron chi connectivity index (χ3n) is 3.83. The summed E-state index contributed by atoms with van der Waals surface area (Å²) in [5.74, 6) is 0. The van der Waals surface area contributed by atoms with Gasteiger partial charge < -0.3 is 5.73 Å². The Morgan fingerprint density at radius 1 is 1.40 bits per heavy atom. The van der Waals surface area contributed by atoms with Gasteiger partial charge in [0.15, 0.2) is 0 Å². The van der Waals surface area contributed by atoms with Crippen LogP contribution in [0.5, 0.6) is 0 Å². The average molecular weight is 307 g/mol. The van der Waals surface area contributed by atoms with Crippen molar-refractivity contribution in [1.82, 2.24) is 4.98 Å². The van der Waals surface area contributed by atoms with E-state index in [1.54, 1.807) is 11.3 Å². The Morgan fingerprint density at radius 2 is 2.15 bits per heavy atom. The number of thiazole rings is 1. The monoisotopic (exact) mass is 306 g/mol. The summed E-state index contributed by atoms with van der Waals surface area (Å²) >= 11 is 7.98. The molecule has 1 aromatic heterocycles. The molecule has 1 heterocycles. The van der Waals surface area contributed by atoms with Crippen LogP contribution >= 0.6 is 22.9 Å². The van der Waals surface area contributed by atoms with Gasteiger partial charge in [-0.1, -0.05) is 43.6 Å². The normalized spacial score (nSPS) is 20.7. The van der Waals surface area contributed by atoms with Gasteiger partial charge in [-0.05, 0) is 29.9 Å². The first-order chi connectivity index (χ1) is 9.44. The Bertz CT molecular complexity index is 633. The van der Waals surface area contributed by atoms with Crippen molar-refractivity contribution in [2.45, 2.75) is 39.2 Å². The number of benzene rings is 1. The van der Waals surface area contributed by atoms with Gasteiger partial charge in [0.1, 0.15) is 0 Å². The zero-order valence-corrected chi connectivity index (χ0v) is 13.4. The predicted octanol–water partition coefficient (Wildman–Crippen LogP) is 4.36. The van der Waals surface area contributed by atoms with Crippen LogP contribution in [0.3, 0.4) is 0 Å². The molecule has 106 valence electrons. The number of aromatic nitrogens is 1. The minimum absolute atomic E-state index is 0.131. The van der Waals surface area contributed by atoms with E-state index in [1.165, 1.54) is 10.6 Å². The fraction of sp³-hybridized carbons (Fsp3) is 0.438. The summed E-state index contributed by atoms with van der Waals surface area (Å²) in [6.07, 6.45) is 2.85. The van der Waals surface area contributed by atoms with Crippen molar-refractivity contribution < 1.29 is 0 Å². The van der Waals surface area contributed by atoms with Crippen LogP contribution in [0.1, 0.15) is 47.5 Å². The molecular weight excluding hydrogens is 288 g/mol. The molecule has 2 N–H and O–H groups in total. The molecule has 2 aromatic rings. The van der Waals surface area contributed by atoms with E-state index in [1.807, 2.05) is 18.2 Å². The lowest BCUT2D eigenvalue weighted by Crippen LogP contribution is -2.28. The average Bonchev–Trinajstić information content (AvgIpc) is 2.73. The van der Waals surface area contributed by atoms with Gasteiger partial charge in [-0.2, -0.15) is 0 Å². The molecule has 0 fully saturated rings. The summed E-state index contributed by atoms with van der Waals surface area (Å²) in [4.78, 5) is 6.08. The van der Waals surface area contributed by atoms with E-state index in [-0.39, 0.29) is 11.5 Å². The molecule has 0 bridgehead atoms. The van der Waals surface area contributed by atoms with E-state index in [9.17, 15) is 0 Å². The molecule has 0 radical (unpaired) electrons. The lowest BCUT2D eigenvalue weighted by Gasteiger charge is -2.32. The molecule has 1 unspecified atom stereocenters. The van der Waals surface area contributed by atoms with Gasteiger partial charge in [-0.3, -0.25) is 0 Å². The molecular formula is C16H19ClN2S.